The van der Waals surface area contributed by atoms with Crippen molar-refractivity contribution in [1.82, 2.24) is 14.7 Å². The molecule has 0 unspecified atom stereocenters. The Balaban J connectivity index is 1.69. The molecule has 8 heteroatoms. The van der Waals surface area contributed by atoms with Crippen LogP contribution in [-0.2, 0) is 27.4 Å². The lowest BCUT2D eigenvalue weighted by Gasteiger charge is -2.31. The Morgan fingerprint density at radius 3 is 2.38 bits per heavy atom. The van der Waals surface area contributed by atoms with Gasteiger partial charge in [0.15, 0.2) is 0 Å². The van der Waals surface area contributed by atoms with Crippen LogP contribution in [0.4, 0.5) is 4.39 Å². The molecule has 0 radical (unpaired) electrons. The van der Waals surface area contributed by atoms with E-state index >= 15 is 0 Å². The molecule has 1 aliphatic heterocycles. The highest BCUT2D eigenvalue weighted by Crippen LogP contribution is 2.20. The summed E-state index contributed by atoms with van der Waals surface area (Å²) in [6.07, 6.45) is 5.87. The lowest BCUT2D eigenvalue weighted by molar-refractivity contribution is -0.141. The first kappa shape index (κ1) is 29.3. The number of halogens is 1. The molecular weight excluding hydrogens is 489 g/mol. The van der Waals surface area contributed by atoms with Crippen LogP contribution in [0.2, 0.25) is 0 Å². The van der Waals surface area contributed by atoms with E-state index in [0.29, 0.717) is 39.3 Å². The van der Waals surface area contributed by atoms with Gasteiger partial charge in [0.25, 0.3) is 0 Å². The minimum absolute atomic E-state index is 0.0483. The normalized spacial score (nSPS) is 14.0. The van der Waals surface area contributed by atoms with E-state index in [1.807, 2.05) is 12.3 Å². The predicted molar refractivity (Wildman–Crippen MR) is 147 cm³/mol. The topological polar surface area (TPSA) is 53.1 Å². The number of unbranched alkanes of at least 4 members (excludes halogenated alkanes) is 4. The minimum atomic E-state index is -0.297. The second-order valence-corrected chi connectivity index (χ2v) is 10.8. The maximum atomic E-state index is 13.7. The lowest BCUT2D eigenvalue weighted by atomic mass is 10.1. The maximum Gasteiger partial charge on any atom is 0.242 e. The monoisotopic (exact) mass is 531 g/mol. The van der Waals surface area contributed by atoms with Crippen molar-refractivity contribution in [3.8, 4) is 0 Å². The Bertz CT molecular complexity index is 960. The molecule has 1 saturated heterocycles. The first-order valence-corrected chi connectivity index (χ1v) is 14.5. The maximum absolute atomic E-state index is 13.7. The molecule has 0 bridgehead atoms. The number of benzene rings is 1. The van der Waals surface area contributed by atoms with Crippen molar-refractivity contribution in [1.29, 1.82) is 0 Å². The number of hydrogen-bond donors (Lipinski definition) is 0. The zero-order valence-corrected chi connectivity index (χ0v) is 23.2. The van der Waals surface area contributed by atoms with Crippen LogP contribution in [0.15, 0.2) is 35.7 Å². The molecule has 0 spiro atoms. The van der Waals surface area contributed by atoms with E-state index in [1.54, 1.807) is 33.3 Å². The molecule has 1 aromatic heterocycles. The van der Waals surface area contributed by atoms with Gasteiger partial charge in [0.1, 0.15) is 5.82 Å². The van der Waals surface area contributed by atoms with Gasteiger partial charge in [0.05, 0.1) is 26.3 Å². The van der Waals surface area contributed by atoms with Crippen molar-refractivity contribution in [2.75, 3.05) is 45.9 Å². The number of aryl methyl sites for hydroxylation is 1. The van der Waals surface area contributed by atoms with E-state index in [2.05, 4.69) is 17.9 Å². The number of nitrogens with zero attached hydrogens (tertiary/aromatic N) is 3. The zero-order chi connectivity index (χ0) is 26.5. The van der Waals surface area contributed by atoms with Gasteiger partial charge < -0.3 is 14.5 Å². The van der Waals surface area contributed by atoms with Crippen molar-refractivity contribution in [2.24, 2.45) is 0 Å². The van der Waals surface area contributed by atoms with Crippen LogP contribution in [0.5, 0.6) is 0 Å². The Morgan fingerprint density at radius 1 is 0.973 bits per heavy atom. The summed E-state index contributed by atoms with van der Waals surface area (Å²) < 4.78 is 18.9. The van der Waals surface area contributed by atoms with E-state index in [-0.39, 0.29) is 24.2 Å². The summed E-state index contributed by atoms with van der Waals surface area (Å²) >= 11 is 1.63. The highest BCUT2D eigenvalue weighted by Gasteiger charge is 2.23. The van der Waals surface area contributed by atoms with Crippen molar-refractivity contribution < 1.29 is 18.7 Å². The number of morpholine rings is 1. The number of rotatable bonds is 15. The van der Waals surface area contributed by atoms with E-state index in [0.717, 1.165) is 54.9 Å². The van der Waals surface area contributed by atoms with Crippen LogP contribution >= 0.6 is 11.3 Å². The Hall–Kier alpha value is -2.29. The molecule has 3 rings (SSSR count). The van der Waals surface area contributed by atoms with Gasteiger partial charge in [-0.1, -0.05) is 44.7 Å². The molecule has 2 aromatic rings. The van der Waals surface area contributed by atoms with Crippen LogP contribution < -0.4 is 0 Å². The van der Waals surface area contributed by atoms with Crippen molar-refractivity contribution in [2.45, 2.75) is 65.5 Å². The molecule has 37 heavy (non-hydrogen) atoms. The zero-order valence-electron chi connectivity index (χ0n) is 22.4. The lowest BCUT2D eigenvalue weighted by Crippen LogP contribution is -2.47. The summed E-state index contributed by atoms with van der Waals surface area (Å²) in [6.45, 7) is 9.50. The molecule has 0 atom stereocenters. The average Bonchev–Trinajstić information content (AvgIpc) is 3.31. The molecule has 0 N–H and O–H groups in total. The fourth-order valence-electron chi connectivity index (χ4n) is 4.46. The highest BCUT2D eigenvalue weighted by atomic mass is 32.1. The first-order chi connectivity index (χ1) is 18.0. The second kappa shape index (κ2) is 15.8. The molecule has 1 aromatic carbocycles. The molecule has 2 amide bonds. The fourth-order valence-corrected chi connectivity index (χ4v) is 5.38. The average molecular weight is 532 g/mol. The van der Waals surface area contributed by atoms with Gasteiger partial charge in [0.2, 0.25) is 11.8 Å². The van der Waals surface area contributed by atoms with Crippen molar-refractivity contribution >= 4 is 23.2 Å². The number of thiophene rings is 1. The van der Waals surface area contributed by atoms with Crippen molar-refractivity contribution in [3.63, 3.8) is 0 Å². The molecule has 1 fully saturated rings. The third-order valence-corrected chi connectivity index (χ3v) is 7.91. The van der Waals surface area contributed by atoms with Crippen molar-refractivity contribution in [3.05, 3.63) is 57.5 Å². The van der Waals surface area contributed by atoms with Crippen LogP contribution in [0.3, 0.4) is 0 Å². The number of ether oxygens (including phenoxy) is 1. The first-order valence-electron chi connectivity index (χ1n) is 13.6. The van der Waals surface area contributed by atoms with E-state index < -0.39 is 0 Å². The van der Waals surface area contributed by atoms with Crippen LogP contribution in [0.1, 0.15) is 61.5 Å². The number of carbonyl (C=O) groups excluding carboxylic acids is 2. The Kier molecular flexibility index (Phi) is 12.5. The molecule has 204 valence electrons. The Labute approximate surface area is 225 Å². The summed E-state index contributed by atoms with van der Waals surface area (Å²) in [6, 6.07) is 8.33. The molecule has 0 saturated carbocycles. The van der Waals surface area contributed by atoms with Crippen LogP contribution in [-0.4, -0.2) is 72.5 Å². The third-order valence-electron chi connectivity index (χ3n) is 6.90. The van der Waals surface area contributed by atoms with Crippen LogP contribution in [0, 0.1) is 12.7 Å². The van der Waals surface area contributed by atoms with Gasteiger partial charge >= 0.3 is 0 Å². The third kappa shape index (κ3) is 10.2. The fraction of sp³-hybridized carbons (Fsp3) is 0.586. The predicted octanol–water partition coefficient (Wildman–Crippen LogP) is 5.25. The van der Waals surface area contributed by atoms with Gasteiger partial charge in [-0.3, -0.25) is 14.5 Å². The van der Waals surface area contributed by atoms with Gasteiger partial charge in [-0.2, -0.15) is 0 Å². The molecular formula is C29H42FN3O3S. The van der Waals surface area contributed by atoms with Crippen LogP contribution in [0.25, 0.3) is 0 Å². The molecule has 2 heterocycles. The Morgan fingerprint density at radius 2 is 1.70 bits per heavy atom. The number of hydrogen-bond acceptors (Lipinski definition) is 5. The van der Waals surface area contributed by atoms with E-state index in [1.165, 1.54) is 25.0 Å². The van der Waals surface area contributed by atoms with E-state index in [4.69, 9.17) is 4.74 Å². The second-order valence-electron chi connectivity index (χ2n) is 9.84. The summed E-state index contributed by atoms with van der Waals surface area (Å²) in [5.74, 6) is -0.333. The summed E-state index contributed by atoms with van der Waals surface area (Å²) in [7, 11) is 0. The number of carbonyl (C=O) groups is 2. The van der Waals surface area contributed by atoms with Gasteiger partial charge in [-0.25, -0.2) is 4.39 Å². The largest absolute Gasteiger partial charge is 0.379 e. The molecule has 6 nitrogen and oxygen atoms in total. The minimum Gasteiger partial charge on any atom is -0.379 e. The SMILES string of the molecule is CCCCCCCC(=O)N(CCN1CCOCC1)CC(=O)N(Cc1ccc(F)cc1)Cc1sccc1C. The van der Waals surface area contributed by atoms with Gasteiger partial charge in [-0.05, 0) is 48.1 Å². The quantitative estimate of drug-likeness (QED) is 0.295. The smallest absolute Gasteiger partial charge is 0.242 e. The number of amides is 2. The van der Waals surface area contributed by atoms with E-state index in [9.17, 15) is 14.0 Å². The van der Waals surface area contributed by atoms with Gasteiger partial charge in [-0.15, -0.1) is 11.3 Å². The summed E-state index contributed by atoms with van der Waals surface area (Å²) in [4.78, 5) is 33.9. The van der Waals surface area contributed by atoms with Gasteiger partial charge in [0, 0.05) is 44.0 Å². The summed E-state index contributed by atoms with van der Waals surface area (Å²) in [5.41, 5.74) is 2.01. The highest BCUT2D eigenvalue weighted by molar-refractivity contribution is 7.10. The summed E-state index contributed by atoms with van der Waals surface area (Å²) in [5, 5.41) is 2.03. The standard InChI is InChI=1S/C29H42FN3O3S/c1-3-4-5-6-7-8-28(34)32(15-14-31-16-18-36-19-17-31)23-29(35)33(22-27-24(2)13-20-37-27)21-25-9-11-26(30)12-10-25/h9-13,20H,3-8,14-19,21-23H2,1-2H3. The molecule has 1 aliphatic rings. The molecule has 0 aliphatic carbocycles.